The highest BCUT2D eigenvalue weighted by Gasteiger charge is 2.13. The minimum atomic E-state index is 0.00191. The first-order valence-electron chi connectivity index (χ1n) is 6.03. The fraction of sp³-hybridized carbons (Fsp3) is 0.462. The van der Waals surface area contributed by atoms with E-state index in [0.717, 1.165) is 24.4 Å². The maximum absolute atomic E-state index is 11.8. The standard InChI is InChI=1S/C13H18N2O3/c1-17-12-4-2-11(3-5-12)10-13(16)14-15-6-8-18-9-7-15/h2-5H,6-10H2,1H3,(H,14,16). The van der Waals surface area contributed by atoms with Gasteiger partial charge in [0.1, 0.15) is 5.75 Å². The molecule has 0 unspecified atom stereocenters. The minimum absolute atomic E-state index is 0.00191. The number of amides is 1. The molecule has 1 fully saturated rings. The van der Waals surface area contributed by atoms with E-state index < -0.39 is 0 Å². The number of rotatable bonds is 4. The average Bonchev–Trinajstić information content (AvgIpc) is 2.40. The number of hydrogen-bond donors (Lipinski definition) is 1. The van der Waals surface area contributed by atoms with Crippen LogP contribution in [0.1, 0.15) is 5.56 Å². The third-order valence-corrected chi connectivity index (χ3v) is 2.82. The molecule has 1 amide bonds. The van der Waals surface area contributed by atoms with Crippen LogP contribution in [-0.4, -0.2) is 44.3 Å². The SMILES string of the molecule is COc1ccc(CC(=O)NN2CCOCC2)cc1. The van der Waals surface area contributed by atoms with E-state index in [1.807, 2.05) is 29.3 Å². The Morgan fingerprint density at radius 3 is 2.61 bits per heavy atom. The van der Waals surface area contributed by atoms with E-state index in [9.17, 15) is 4.79 Å². The number of carbonyl (C=O) groups is 1. The van der Waals surface area contributed by atoms with E-state index in [0.29, 0.717) is 19.6 Å². The normalized spacial score (nSPS) is 16.3. The number of carbonyl (C=O) groups excluding carboxylic acids is 1. The van der Waals surface area contributed by atoms with E-state index in [2.05, 4.69) is 5.43 Å². The van der Waals surface area contributed by atoms with Crippen LogP contribution in [0.3, 0.4) is 0 Å². The largest absolute Gasteiger partial charge is 0.497 e. The van der Waals surface area contributed by atoms with Gasteiger partial charge in [0.2, 0.25) is 5.91 Å². The van der Waals surface area contributed by atoms with Gasteiger partial charge in [0.15, 0.2) is 0 Å². The second kappa shape index (κ2) is 6.37. The molecule has 0 atom stereocenters. The average molecular weight is 250 g/mol. The van der Waals surface area contributed by atoms with Crippen molar-refractivity contribution < 1.29 is 14.3 Å². The molecule has 5 heteroatoms. The van der Waals surface area contributed by atoms with Gasteiger partial charge in [-0.15, -0.1) is 0 Å². The van der Waals surface area contributed by atoms with Gasteiger partial charge in [0.25, 0.3) is 0 Å². The third-order valence-electron chi connectivity index (χ3n) is 2.82. The summed E-state index contributed by atoms with van der Waals surface area (Å²) < 4.78 is 10.3. The van der Waals surface area contributed by atoms with Crippen molar-refractivity contribution in [3.63, 3.8) is 0 Å². The number of ether oxygens (including phenoxy) is 2. The third kappa shape index (κ3) is 3.72. The first kappa shape index (κ1) is 12.9. The number of morpholine rings is 1. The first-order valence-corrected chi connectivity index (χ1v) is 6.03. The summed E-state index contributed by atoms with van der Waals surface area (Å²) in [6.45, 7) is 2.83. The summed E-state index contributed by atoms with van der Waals surface area (Å²) in [6.07, 6.45) is 0.376. The quantitative estimate of drug-likeness (QED) is 0.850. The predicted molar refractivity (Wildman–Crippen MR) is 67.2 cm³/mol. The molecule has 1 saturated heterocycles. The Labute approximate surface area is 107 Å². The van der Waals surface area contributed by atoms with Crippen molar-refractivity contribution in [2.45, 2.75) is 6.42 Å². The lowest BCUT2D eigenvalue weighted by atomic mass is 10.1. The van der Waals surface area contributed by atoms with Crippen LogP contribution in [0.5, 0.6) is 5.75 Å². The molecule has 0 saturated carbocycles. The van der Waals surface area contributed by atoms with Crippen LogP contribution in [0.4, 0.5) is 0 Å². The molecule has 98 valence electrons. The van der Waals surface area contributed by atoms with Crippen LogP contribution >= 0.6 is 0 Å². The number of methoxy groups -OCH3 is 1. The summed E-state index contributed by atoms with van der Waals surface area (Å²) in [7, 11) is 1.63. The molecule has 0 radical (unpaired) electrons. The molecule has 5 nitrogen and oxygen atoms in total. The van der Waals surface area contributed by atoms with E-state index in [1.165, 1.54) is 0 Å². The Hall–Kier alpha value is -1.59. The molecule has 0 bridgehead atoms. The van der Waals surface area contributed by atoms with Gasteiger partial charge >= 0.3 is 0 Å². The second-order valence-corrected chi connectivity index (χ2v) is 4.16. The molecular weight excluding hydrogens is 232 g/mol. The zero-order valence-corrected chi connectivity index (χ0v) is 10.5. The van der Waals surface area contributed by atoms with Crippen molar-refractivity contribution in [3.8, 4) is 5.75 Å². The van der Waals surface area contributed by atoms with Crippen molar-refractivity contribution in [2.75, 3.05) is 33.4 Å². The number of hydrogen-bond acceptors (Lipinski definition) is 4. The van der Waals surface area contributed by atoms with Crippen molar-refractivity contribution in [3.05, 3.63) is 29.8 Å². The zero-order chi connectivity index (χ0) is 12.8. The van der Waals surface area contributed by atoms with Crippen molar-refractivity contribution >= 4 is 5.91 Å². The molecular formula is C13H18N2O3. The predicted octanol–water partition coefficient (Wildman–Crippen LogP) is 0.601. The molecule has 1 aliphatic heterocycles. The van der Waals surface area contributed by atoms with Crippen molar-refractivity contribution in [2.24, 2.45) is 0 Å². The lowest BCUT2D eigenvalue weighted by Gasteiger charge is -2.26. The van der Waals surface area contributed by atoms with Crippen LogP contribution in [0, 0.1) is 0 Å². The van der Waals surface area contributed by atoms with E-state index in [1.54, 1.807) is 7.11 Å². The van der Waals surface area contributed by atoms with Gasteiger partial charge in [0.05, 0.1) is 26.7 Å². The molecule has 1 heterocycles. The lowest BCUT2D eigenvalue weighted by Crippen LogP contribution is -2.48. The summed E-state index contributed by atoms with van der Waals surface area (Å²) in [5, 5.41) is 1.90. The highest BCUT2D eigenvalue weighted by atomic mass is 16.5. The Bertz CT molecular complexity index is 386. The van der Waals surface area contributed by atoms with Gasteiger partial charge in [-0.1, -0.05) is 12.1 Å². The Balaban J connectivity index is 1.82. The van der Waals surface area contributed by atoms with Gasteiger partial charge in [-0.3, -0.25) is 10.2 Å². The summed E-state index contributed by atoms with van der Waals surface area (Å²) in [6, 6.07) is 7.52. The summed E-state index contributed by atoms with van der Waals surface area (Å²) >= 11 is 0. The monoisotopic (exact) mass is 250 g/mol. The van der Waals surface area contributed by atoms with Gasteiger partial charge in [-0.2, -0.15) is 0 Å². The molecule has 0 aliphatic carbocycles. The Morgan fingerprint density at radius 1 is 1.33 bits per heavy atom. The Morgan fingerprint density at radius 2 is 2.00 bits per heavy atom. The van der Waals surface area contributed by atoms with Gasteiger partial charge in [-0.05, 0) is 17.7 Å². The molecule has 0 aromatic heterocycles. The van der Waals surface area contributed by atoms with Crippen LogP contribution in [0.25, 0.3) is 0 Å². The van der Waals surface area contributed by atoms with Crippen LogP contribution in [0.15, 0.2) is 24.3 Å². The van der Waals surface area contributed by atoms with E-state index in [-0.39, 0.29) is 5.91 Å². The van der Waals surface area contributed by atoms with Crippen LogP contribution in [-0.2, 0) is 16.0 Å². The van der Waals surface area contributed by atoms with Crippen molar-refractivity contribution in [1.29, 1.82) is 0 Å². The summed E-state index contributed by atoms with van der Waals surface area (Å²) in [5.41, 5.74) is 3.85. The first-order chi connectivity index (χ1) is 8.78. The fourth-order valence-corrected chi connectivity index (χ4v) is 1.82. The summed E-state index contributed by atoms with van der Waals surface area (Å²) in [5.74, 6) is 0.800. The molecule has 1 aliphatic rings. The smallest absolute Gasteiger partial charge is 0.238 e. The van der Waals surface area contributed by atoms with E-state index >= 15 is 0 Å². The van der Waals surface area contributed by atoms with E-state index in [4.69, 9.17) is 9.47 Å². The number of nitrogens with zero attached hydrogens (tertiary/aromatic N) is 1. The Kier molecular flexibility index (Phi) is 4.55. The zero-order valence-electron chi connectivity index (χ0n) is 10.5. The molecule has 2 rings (SSSR count). The highest BCUT2D eigenvalue weighted by molar-refractivity contribution is 5.78. The molecule has 18 heavy (non-hydrogen) atoms. The maximum atomic E-state index is 11.8. The van der Waals surface area contributed by atoms with Gasteiger partial charge in [-0.25, -0.2) is 5.01 Å². The van der Waals surface area contributed by atoms with Crippen LogP contribution < -0.4 is 10.2 Å². The topological polar surface area (TPSA) is 50.8 Å². The fourth-order valence-electron chi connectivity index (χ4n) is 1.82. The number of benzene rings is 1. The molecule has 1 aromatic carbocycles. The highest BCUT2D eigenvalue weighted by Crippen LogP contribution is 2.11. The minimum Gasteiger partial charge on any atom is -0.497 e. The molecule has 1 N–H and O–H groups in total. The number of nitrogens with one attached hydrogen (secondary N) is 1. The molecule has 0 spiro atoms. The second-order valence-electron chi connectivity index (χ2n) is 4.16. The maximum Gasteiger partial charge on any atom is 0.238 e. The van der Waals surface area contributed by atoms with Gasteiger partial charge in [0, 0.05) is 13.1 Å². The van der Waals surface area contributed by atoms with Crippen molar-refractivity contribution in [1.82, 2.24) is 10.4 Å². The number of hydrazine groups is 1. The molecule has 1 aromatic rings. The van der Waals surface area contributed by atoms with Crippen LogP contribution in [0.2, 0.25) is 0 Å². The van der Waals surface area contributed by atoms with Gasteiger partial charge < -0.3 is 9.47 Å². The lowest BCUT2D eigenvalue weighted by molar-refractivity contribution is -0.127. The summed E-state index contributed by atoms with van der Waals surface area (Å²) in [4.78, 5) is 11.8.